The van der Waals surface area contributed by atoms with Crippen molar-refractivity contribution in [3.63, 3.8) is 0 Å². The van der Waals surface area contributed by atoms with Crippen LogP contribution in [0.2, 0.25) is 0 Å². The number of nitrogens with one attached hydrogen (secondary N) is 1. The molecule has 56 valence electrons. The average molecular weight is 134 g/mol. The first kappa shape index (κ1) is 8.85. The van der Waals surface area contributed by atoms with Crippen molar-refractivity contribution in [1.82, 2.24) is 10.2 Å². The molecule has 2 nitrogen and oxygen atoms in total. The van der Waals surface area contributed by atoms with Gasteiger partial charge in [0.2, 0.25) is 0 Å². The van der Waals surface area contributed by atoms with Crippen LogP contribution < -0.4 is 5.32 Å². The summed E-state index contributed by atoms with van der Waals surface area (Å²) in [5.74, 6) is 0. The van der Waals surface area contributed by atoms with Crippen LogP contribution in [0.4, 0.5) is 4.39 Å². The van der Waals surface area contributed by atoms with Gasteiger partial charge in [-0.3, -0.25) is 0 Å². The molecule has 0 fully saturated rings. The Labute approximate surface area is 56.0 Å². The summed E-state index contributed by atoms with van der Waals surface area (Å²) in [6.07, 6.45) is 0. The normalized spacial score (nSPS) is 10.7. The Bertz CT molecular complexity index is 57.0. The Morgan fingerprint density at radius 2 is 2.00 bits per heavy atom. The molecule has 0 bridgehead atoms. The maximum atomic E-state index is 11.4. The molecule has 0 aliphatic rings. The quantitative estimate of drug-likeness (QED) is 0.537. The number of halogens is 1. The molecular formula is C6H15FN2. The van der Waals surface area contributed by atoms with Crippen molar-refractivity contribution in [3.05, 3.63) is 0 Å². The van der Waals surface area contributed by atoms with Crippen molar-refractivity contribution in [3.8, 4) is 0 Å². The number of hydrogen-bond donors (Lipinski definition) is 1. The van der Waals surface area contributed by atoms with Gasteiger partial charge >= 0.3 is 0 Å². The van der Waals surface area contributed by atoms with E-state index < -0.39 is 0 Å². The molecule has 0 heterocycles. The van der Waals surface area contributed by atoms with Crippen LogP contribution in [0.3, 0.4) is 0 Å². The average Bonchev–Trinajstić information content (AvgIpc) is 1.80. The number of likely N-dealkylation sites (N-methyl/N-ethyl adjacent to an activating group) is 1. The van der Waals surface area contributed by atoms with Gasteiger partial charge in [0.05, 0.1) is 0 Å². The molecule has 9 heavy (non-hydrogen) atoms. The van der Waals surface area contributed by atoms with Crippen molar-refractivity contribution in [1.29, 1.82) is 0 Å². The Hall–Kier alpha value is -0.150. The lowest BCUT2D eigenvalue weighted by molar-refractivity contribution is 0.389. The molecule has 0 radical (unpaired) electrons. The molecule has 1 N–H and O–H groups in total. The molecule has 0 unspecified atom stereocenters. The zero-order valence-corrected chi connectivity index (χ0v) is 6.15. The van der Waals surface area contributed by atoms with Crippen molar-refractivity contribution in [2.75, 3.05) is 40.4 Å². The molecule has 0 spiro atoms. The summed E-state index contributed by atoms with van der Waals surface area (Å²) in [5, 5.41) is 2.95. The summed E-state index contributed by atoms with van der Waals surface area (Å²) in [6, 6.07) is 0. The van der Waals surface area contributed by atoms with E-state index in [-0.39, 0.29) is 6.67 Å². The third kappa shape index (κ3) is 7.85. The van der Waals surface area contributed by atoms with Crippen LogP contribution in [0.15, 0.2) is 0 Å². The Morgan fingerprint density at radius 1 is 1.33 bits per heavy atom. The fourth-order valence-electron chi connectivity index (χ4n) is 0.494. The van der Waals surface area contributed by atoms with Gasteiger partial charge in [-0.05, 0) is 14.1 Å². The highest BCUT2D eigenvalue weighted by Crippen LogP contribution is 1.70. The standard InChI is InChI=1S/C6H15FN2/c1-9(2)6-5-8-4-3-7/h8H,3-6H2,1-2H3. The van der Waals surface area contributed by atoms with E-state index in [9.17, 15) is 4.39 Å². The predicted molar refractivity (Wildman–Crippen MR) is 37.4 cm³/mol. The Balaban J connectivity index is 2.75. The number of hydrogen-bond acceptors (Lipinski definition) is 2. The van der Waals surface area contributed by atoms with Gasteiger partial charge in [0.25, 0.3) is 0 Å². The third-order valence-electron chi connectivity index (χ3n) is 1.01. The van der Waals surface area contributed by atoms with Crippen LogP contribution in [-0.2, 0) is 0 Å². The lowest BCUT2D eigenvalue weighted by atomic mass is 10.5. The van der Waals surface area contributed by atoms with E-state index >= 15 is 0 Å². The fraction of sp³-hybridized carbons (Fsp3) is 1.00. The van der Waals surface area contributed by atoms with E-state index in [2.05, 4.69) is 10.2 Å². The molecule has 0 aromatic carbocycles. The molecule has 0 aliphatic heterocycles. The molecular weight excluding hydrogens is 119 g/mol. The molecule has 3 heteroatoms. The summed E-state index contributed by atoms with van der Waals surface area (Å²) in [7, 11) is 3.99. The summed E-state index contributed by atoms with van der Waals surface area (Å²) < 4.78 is 11.4. The summed E-state index contributed by atoms with van der Waals surface area (Å²) in [5.41, 5.74) is 0. The third-order valence-corrected chi connectivity index (χ3v) is 1.01. The fourth-order valence-corrected chi connectivity index (χ4v) is 0.494. The topological polar surface area (TPSA) is 15.3 Å². The van der Waals surface area contributed by atoms with Crippen LogP contribution in [0.5, 0.6) is 0 Å². The van der Waals surface area contributed by atoms with Crippen LogP contribution in [0, 0.1) is 0 Å². The minimum Gasteiger partial charge on any atom is -0.313 e. The van der Waals surface area contributed by atoms with E-state index in [0.717, 1.165) is 13.1 Å². The lowest BCUT2D eigenvalue weighted by Gasteiger charge is -2.08. The van der Waals surface area contributed by atoms with E-state index in [0.29, 0.717) is 6.54 Å². The SMILES string of the molecule is CN(C)CCNCCF. The molecule has 0 aromatic rings. The van der Waals surface area contributed by atoms with Gasteiger partial charge < -0.3 is 10.2 Å². The zero-order valence-electron chi connectivity index (χ0n) is 6.15. The first-order chi connectivity index (χ1) is 4.27. The van der Waals surface area contributed by atoms with Crippen molar-refractivity contribution in [2.45, 2.75) is 0 Å². The van der Waals surface area contributed by atoms with Gasteiger partial charge in [0.15, 0.2) is 0 Å². The molecule has 0 amide bonds. The highest BCUT2D eigenvalue weighted by molar-refractivity contribution is 4.48. The maximum Gasteiger partial charge on any atom is 0.102 e. The van der Waals surface area contributed by atoms with Gasteiger partial charge in [0, 0.05) is 19.6 Å². The van der Waals surface area contributed by atoms with E-state index in [1.54, 1.807) is 0 Å². The van der Waals surface area contributed by atoms with E-state index in [1.165, 1.54) is 0 Å². The molecule has 0 saturated heterocycles. The summed E-state index contributed by atoms with van der Waals surface area (Å²) >= 11 is 0. The minimum absolute atomic E-state index is 0.270. The molecule has 0 atom stereocenters. The molecule has 0 aromatic heterocycles. The summed E-state index contributed by atoms with van der Waals surface area (Å²) in [4.78, 5) is 2.06. The van der Waals surface area contributed by atoms with Gasteiger partial charge in [0.1, 0.15) is 6.67 Å². The minimum atomic E-state index is -0.270. The van der Waals surface area contributed by atoms with Gasteiger partial charge in [-0.1, -0.05) is 0 Å². The second-order valence-corrected chi connectivity index (χ2v) is 2.24. The van der Waals surface area contributed by atoms with Crippen molar-refractivity contribution >= 4 is 0 Å². The monoisotopic (exact) mass is 134 g/mol. The first-order valence-corrected chi connectivity index (χ1v) is 3.19. The van der Waals surface area contributed by atoms with Crippen molar-refractivity contribution in [2.24, 2.45) is 0 Å². The highest BCUT2D eigenvalue weighted by atomic mass is 19.1. The number of rotatable bonds is 5. The van der Waals surface area contributed by atoms with Crippen molar-refractivity contribution < 1.29 is 4.39 Å². The van der Waals surface area contributed by atoms with Gasteiger partial charge in [-0.2, -0.15) is 0 Å². The number of nitrogens with zero attached hydrogens (tertiary/aromatic N) is 1. The smallest absolute Gasteiger partial charge is 0.102 e. The maximum absolute atomic E-state index is 11.4. The largest absolute Gasteiger partial charge is 0.313 e. The molecule has 0 aliphatic carbocycles. The van der Waals surface area contributed by atoms with Gasteiger partial charge in [-0.25, -0.2) is 4.39 Å². The summed E-state index contributed by atoms with van der Waals surface area (Å²) in [6.45, 7) is 2.05. The van der Waals surface area contributed by atoms with E-state index in [4.69, 9.17) is 0 Å². The van der Waals surface area contributed by atoms with Gasteiger partial charge in [-0.15, -0.1) is 0 Å². The Kier molecular flexibility index (Phi) is 5.88. The lowest BCUT2D eigenvalue weighted by Crippen LogP contribution is -2.27. The highest BCUT2D eigenvalue weighted by Gasteiger charge is 1.87. The second-order valence-electron chi connectivity index (χ2n) is 2.24. The predicted octanol–water partition coefficient (Wildman–Crippen LogP) is 0.107. The van der Waals surface area contributed by atoms with Crippen LogP contribution >= 0.6 is 0 Å². The van der Waals surface area contributed by atoms with Crippen LogP contribution in [-0.4, -0.2) is 45.3 Å². The van der Waals surface area contributed by atoms with E-state index in [1.807, 2.05) is 14.1 Å². The second kappa shape index (κ2) is 5.98. The Morgan fingerprint density at radius 3 is 2.44 bits per heavy atom. The number of alkyl halides is 1. The molecule has 0 rings (SSSR count). The molecule has 0 saturated carbocycles. The first-order valence-electron chi connectivity index (χ1n) is 3.19. The zero-order chi connectivity index (χ0) is 7.11. The van der Waals surface area contributed by atoms with Crippen LogP contribution in [0.25, 0.3) is 0 Å². The van der Waals surface area contributed by atoms with Crippen LogP contribution in [0.1, 0.15) is 0 Å².